The first-order chi connectivity index (χ1) is 9.92. The number of carbonyl (C=O) groups is 2. The van der Waals surface area contributed by atoms with Crippen molar-refractivity contribution in [2.75, 3.05) is 14.2 Å². The number of esters is 1. The van der Waals surface area contributed by atoms with E-state index < -0.39 is 28.9 Å². The molecule has 1 aromatic carbocycles. The molecule has 1 rings (SSSR count). The standard InChI is InChI=1S/C13H16N2O6/c1-8(16)14-11(13(17)21-3)12(20-2)9-6-4-5-7-10(9)15(18)19/h4-7,11-12H,1-3H3,(H,14,16)/t11-,12-/m1/s1. The summed E-state index contributed by atoms with van der Waals surface area (Å²) >= 11 is 0. The Morgan fingerprint density at radius 1 is 1.29 bits per heavy atom. The van der Waals surface area contributed by atoms with E-state index in [0.717, 1.165) is 7.11 Å². The van der Waals surface area contributed by atoms with Gasteiger partial charge in [-0.2, -0.15) is 0 Å². The lowest BCUT2D eigenvalue weighted by Crippen LogP contribution is -2.45. The van der Waals surface area contributed by atoms with Crippen LogP contribution in [-0.4, -0.2) is 37.1 Å². The Labute approximate surface area is 121 Å². The number of para-hydroxylation sites is 1. The van der Waals surface area contributed by atoms with E-state index in [1.54, 1.807) is 6.07 Å². The molecule has 21 heavy (non-hydrogen) atoms. The fourth-order valence-corrected chi connectivity index (χ4v) is 1.94. The Bertz CT molecular complexity index is 545. The minimum Gasteiger partial charge on any atom is -0.467 e. The second kappa shape index (κ2) is 7.34. The summed E-state index contributed by atoms with van der Waals surface area (Å²) in [5.41, 5.74) is -0.0299. The number of nitro benzene ring substituents is 1. The zero-order chi connectivity index (χ0) is 16.0. The number of benzene rings is 1. The molecule has 0 aliphatic rings. The SMILES string of the molecule is COC(=O)[C@H](NC(C)=O)[C@H](OC)c1ccccc1[N+](=O)[O-]. The zero-order valence-corrected chi connectivity index (χ0v) is 11.9. The summed E-state index contributed by atoms with van der Waals surface area (Å²) in [4.78, 5) is 33.5. The molecule has 1 amide bonds. The van der Waals surface area contributed by atoms with Crippen LogP contribution in [0.15, 0.2) is 24.3 Å². The average Bonchev–Trinajstić information content (AvgIpc) is 2.46. The summed E-state index contributed by atoms with van der Waals surface area (Å²) in [6.07, 6.45) is -1.04. The van der Waals surface area contributed by atoms with Crippen LogP contribution in [0.3, 0.4) is 0 Å². The average molecular weight is 296 g/mol. The van der Waals surface area contributed by atoms with E-state index in [-0.39, 0.29) is 11.3 Å². The number of nitrogens with zero attached hydrogens (tertiary/aromatic N) is 1. The van der Waals surface area contributed by atoms with Gasteiger partial charge in [-0.15, -0.1) is 0 Å². The van der Waals surface area contributed by atoms with Crippen LogP contribution >= 0.6 is 0 Å². The van der Waals surface area contributed by atoms with Crippen molar-refractivity contribution in [1.82, 2.24) is 5.32 Å². The smallest absolute Gasteiger partial charge is 0.331 e. The molecule has 0 unspecified atom stereocenters. The summed E-state index contributed by atoms with van der Waals surface area (Å²) < 4.78 is 9.81. The highest BCUT2D eigenvalue weighted by Gasteiger charge is 2.35. The topological polar surface area (TPSA) is 108 Å². The lowest BCUT2D eigenvalue weighted by Gasteiger charge is -2.24. The summed E-state index contributed by atoms with van der Waals surface area (Å²) in [5.74, 6) is -1.23. The Morgan fingerprint density at radius 3 is 2.38 bits per heavy atom. The van der Waals surface area contributed by atoms with E-state index in [4.69, 9.17) is 4.74 Å². The predicted octanol–water partition coefficient (Wildman–Crippen LogP) is 0.960. The van der Waals surface area contributed by atoms with Gasteiger partial charge < -0.3 is 14.8 Å². The van der Waals surface area contributed by atoms with Crippen LogP contribution in [0.2, 0.25) is 0 Å². The third-order valence-corrected chi connectivity index (χ3v) is 2.81. The number of nitro groups is 1. The number of nitrogens with one attached hydrogen (secondary N) is 1. The molecule has 0 aliphatic carbocycles. The fourth-order valence-electron chi connectivity index (χ4n) is 1.94. The molecule has 0 fully saturated rings. The highest BCUT2D eigenvalue weighted by atomic mass is 16.6. The molecule has 0 aromatic heterocycles. The van der Waals surface area contributed by atoms with Gasteiger partial charge in [0.1, 0.15) is 6.10 Å². The third kappa shape index (κ3) is 3.99. The Balaban J connectivity index is 3.28. The van der Waals surface area contributed by atoms with Crippen LogP contribution in [-0.2, 0) is 19.1 Å². The van der Waals surface area contributed by atoms with Crippen molar-refractivity contribution in [3.8, 4) is 0 Å². The van der Waals surface area contributed by atoms with Gasteiger partial charge in [-0.05, 0) is 6.07 Å². The highest BCUT2D eigenvalue weighted by molar-refractivity contribution is 5.84. The number of carbonyl (C=O) groups excluding carboxylic acids is 2. The monoisotopic (exact) mass is 296 g/mol. The lowest BCUT2D eigenvalue weighted by atomic mass is 10.00. The second-order valence-corrected chi connectivity index (χ2v) is 4.17. The number of amides is 1. The van der Waals surface area contributed by atoms with Gasteiger partial charge in [0.15, 0.2) is 6.04 Å². The molecule has 0 saturated heterocycles. The highest BCUT2D eigenvalue weighted by Crippen LogP contribution is 2.29. The molecular weight excluding hydrogens is 280 g/mol. The molecule has 0 aliphatic heterocycles. The Hall–Kier alpha value is -2.48. The first kappa shape index (κ1) is 16.6. The van der Waals surface area contributed by atoms with E-state index in [2.05, 4.69) is 10.1 Å². The summed E-state index contributed by atoms with van der Waals surface area (Å²) in [7, 11) is 2.45. The first-order valence-electron chi connectivity index (χ1n) is 6.03. The van der Waals surface area contributed by atoms with Crippen molar-refractivity contribution < 1.29 is 24.0 Å². The van der Waals surface area contributed by atoms with E-state index in [9.17, 15) is 19.7 Å². The van der Waals surface area contributed by atoms with Crippen molar-refractivity contribution in [2.45, 2.75) is 19.1 Å². The molecule has 8 nitrogen and oxygen atoms in total. The predicted molar refractivity (Wildman–Crippen MR) is 72.5 cm³/mol. The molecule has 114 valence electrons. The van der Waals surface area contributed by atoms with Gasteiger partial charge in [-0.1, -0.05) is 12.1 Å². The van der Waals surface area contributed by atoms with E-state index in [1.807, 2.05) is 0 Å². The van der Waals surface area contributed by atoms with E-state index in [1.165, 1.54) is 32.2 Å². The van der Waals surface area contributed by atoms with Crippen molar-refractivity contribution in [1.29, 1.82) is 0 Å². The summed E-state index contributed by atoms with van der Waals surface area (Å²) in [5, 5.41) is 13.5. The number of rotatable bonds is 6. The molecule has 1 aromatic rings. The fraction of sp³-hybridized carbons (Fsp3) is 0.385. The van der Waals surface area contributed by atoms with Crippen molar-refractivity contribution in [3.63, 3.8) is 0 Å². The number of hydrogen-bond donors (Lipinski definition) is 1. The molecule has 0 radical (unpaired) electrons. The Morgan fingerprint density at radius 2 is 1.90 bits per heavy atom. The van der Waals surface area contributed by atoms with Gasteiger partial charge in [0.25, 0.3) is 5.69 Å². The largest absolute Gasteiger partial charge is 0.467 e. The first-order valence-corrected chi connectivity index (χ1v) is 6.03. The molecule has 0 spiro atoms. The maximum Gasteiger partial charge on any atom is 0.331 e. The van der Waals surface area contributed by atoms with Crippen molar-refractivity contribution in [3.05, 3.63) is 39.9 Å². The lowest BCUT2D eigenvalue weighted by molar-refractivity contribution is -0.386. The minimum absolute atomic E-state index is 0.175. The van der Waals surface area contributed by atoms with Gasteiger partial charge in [-0.3, -0.25) is 14.9 Å². The molecule has 0 heterocycles. The van der Waals surface area contributed by atoms with E-state index >= 15 is 0 Å². The van der Waals surface area contributed by atoms with Crippen molar-refractivity contribution >= 4 is 17.6 Å². The molecule has 2 atom stereocenters. The maximum absolute atomic E-state index is 11.8. The molecule has 0 saturated carbocycles. The number of ether oxygens (including phenoxy) is 2. The molecule has 0 bridgehead atoms. The van der Waals surface area contributed by atoms with Crippen LogP contribution < -0.4 is 5.32 Å². The minimum atomic E-state index is -1.18. The van der Waals surface area contributed by atoms with Gasteiger partial charge in [-0.25, -0.2) is 4.79 Å². The molecular formula is C13H16N2O6. The Kier molecular flexibility index (Phi) is 5.79. The van der Waals surface area contributed by atoms with Crippen LogP contribution in [0.4, 0.5) is 5.69 Å². The second-order valence-electron chi connectivity index (χ2n) is 4.17. The zero-order valence-electron chi connectivity index (χ0n) is 11.9. The molecule has 1 N–H and O–H groups in total. The summed E-state index contributed by atoms with van der Waals surface area (Å²) in [6.45, 7) is 1.22. The van der Waals surface area contributed by atoms with E-state index in [0.29, 0.717) is 0 Å². The van der Waals surface area contributed by atoms with Gasteiger partial charge in [0, 0.05) is 20.1 Å². The maximum atomic E-state index is 11.8. The normalized spacial score (nSPS) is 13.1. The van der Waals surface area contributed by atoms with Crippen LogP contribution in [0, 0.1) is 10.1 Å². The summed E-state index contributed by atoms with van der Waals surface area (Å²) in [6, 6.07) is 4.66. The quantitative estimate of drug-likeness (QED) is 0.476. The van der Waals surface area contributed by atoms with Crippen LogP contribution in [0.1, 0.15) is 18.6 Å². The van der Waals surface area contributed by atoms with Gasteiger partial charge in [0.05, 0.1) is 17.6 Å². The van der Waals surface area contributed by atoms with Crippen LogP contribution in [0.5, 0.6) is 0 Å². The van der Waals surface area contributed by atoms with Crippen LogP contribution in [0.25, 0.3) is 0 Å². The third-order valence-electron chi connectivity index (χ3n) is 2.81. The van der Waals surface area contributed by atoms with Gasteiger partial charge >= 0.3 is 5.97 Å². The number of methoxy groups -OCH3 is 2. The van der Waals surface area contributed by atoms with Crippen molar-refractivity contribution in [2.24, 2.45) is 0 Å². The number of hydrogen-bond acceptors (Lipinski definition) is 6. The molecule has 8 heteroatoms. The van der Waals surface area contributed by atoms with Gasteiger partial charge in [0.2, 0.25) is 5.91 Å².